The summed E-state index contributed by atoms with van der Waals surface area (Å²) in [5.41, 5.74) is 0. The standard InChI is InChI=1S/C10H17N3O2/c1-8(2)11-5-4-10(14)12-7-9-3-6-13-15-9/h3,6,8,11H,4-5,7H2,1-2H3,(H,12,14). The van der Waals surface area contributed by atoms with E-state index < -0.39 is 0 Å². The van der Waals surface area contributed by atoms with Crippen molar-refractivity contribution < 1.29 is 9.32 Å². The summed E-state index contributed by atoms with van der Waals surface area (Å²) in [7, 11) is 0. The summed E-state index contributed by atoms with van der Waals surface area (Å²) in [6.45, 7) is 5.19. The van der Waals surface area contributed by atoms with Gasteiger partial charge in [-0.1, -0.05) is 19.0 Å². The van der Waals surface area contributed by atoms with Crippen molar-refractivity contribution in [2.75, 3.05) is 6.54 Å². The molecule has 1 amide bonds. The molecular formula is C10H17N3O2. The molecule has 0 saturated carbocycles. The van der Waals surface area contributed by atoms with Gasteiger partial charge in [-0.05, 0) is 0 Å². The van der Waals surface area contributed by atoms with E-state index >= 15 is 0 Å². The molecule has 5 nitrogen and oxygen atoms in total. The van der Waals surface area contributed by atoms with Gasteiger partial charge in [0, 0.05) is 25.1 Å². The van der Waals surface area contributed by atoms with Crippen LogP contribution in [0.15, 0.2) is 16.8 Å². The van der Waals surface area contributed by atoms with Crippen LogP contribution in [0.5, 0.6) is 0 Å². The molecule has 5 heteroatoms. The zero-order valence-corrected chi connectivity index (χ0v) is 9.12. The Bertz CT molecular complexity index is 283. The lowest BCUT2D eigenvalue weighted by molar-refractivity contribution is -0.121. The molecule has 1 rings (SSSR count). The fourth-order valence-corrected chi connectivity index (χ4v) is 1.08. The lowest BCUT2D eigenvalue weighted by Crippen LogP contribution is -2.30. The van der Waals surface area contributed by atoms with E-state index in [1.807, 2.05) is 13.8 Å². The molecule has 1 aromatic heterocycles. The smallest absolute Gasteiger partial charge is 0.221 e. The van der Waals surface area contributed by atoms with Gasteiger partial charge in [0.25, 0.3) is 0 Å². The molecule has 1 aromatic rings. The van der Waals surface area contributed by atoms with Crippen LogP contribution >= 0.6 is 0 Å². The van der Waals surface area contributed by atoms with Crippen LogP contribution in [0.2, 0.25) is 0 Å². The molecule has 0 aromatic carbocycles. The van der Waals surface area contributed by atoms with Crippen molar-refractivity contribution in [1.29, 1.82) is 0 Å². The minimum atomic E-state index is 0.0135. The number of hydrogen-bond donors (Lipinski definition) is 2. The van der Waals surface area contributed by atoms with E-state index in [1.165, 1.54) is 0 Å². The minimum absolute atomic E-state index is 0.0135. The molecule has 0 aliphatic carbocycles. The zero-order valence-electron chi connectivity index (χ0n) is 9.12. The first kappa shape index (κ1) is 11.7. The van der Waals surface area contributed by atoms with Gasteiger partial charge in [0.05, 0.1) is 12.7 Å². The summed E-state index contributed by atoms with van der Waals surface area (Å²) in [5.74, 6) is 0.680. The third-order valence-electron chi connectivity index (χ3n) is 1.86. The molecule has 0 fully saturated rings. The van der Waals surface area contributed by atoms with E-state index in [1.54, 1.807) is 12.3 Å². The first-order valence-corrected chi connectivity index (χ1v) is 5.08. The Balaban J connectivity index is 2.09. The Morgan fingerprint density at radius 2 is 2.40 bits per heavy atom. The fourth-order valence-electron chi connectivity index (χ4n) is 1.08. The number of carbonyl (C=O) groups excluding carboxylic acids is 1. The van der Waals surface area contributed by atoms with Crippen LogP contribution in [-0.4, -0.2) is 23.7 Å². The molecular weight excluding hydrogens is 194 g/mol. The maximum absolute atomic E-state index is 11.3. The number of nitrogens with one attached hydrogen (secondary N) is 2. The molecule has 0 saturated heterocycles. The molecule has 84 valence electrons. The first-order valence-electron chi connectivity index (χ1n) is 5.08. The van der Waals surface area contributed by atoms with Crippen molar-refractivity contribution in [3.63, 3.8) is 0 Å². The number of carbonyl (C=O) groups is 1. The second kappa shape index (κ2) is 6.19. The second-order valence-electron chi connectivity index (χ2n) is 3.61. The molecule has 0 aliphatic rings. The average Bonchev–Trinajstić information content (AvgIpc) is 2.66. The van der Waals surface area contributed by atoms with Crippen molar-refractivity contribution in [2.24, 2.45) is 0 Å². The van der Waals surface area contributed by atoms with Crippen molar-refractivity contribution in [2.45, 2.75) is 32.9 Å². The lowest BCUT2D eigenvalue weighted by Gasteiger charge is -2.07. The topological polar surface area (TPSA) is 67.2 Å². The van der Waals surface area contributed by atoms with E-state index in [4.69, 9.17) is 4.52 Å². The molecule has 1 heterocycles. The monoisotopic (exact) mass is 211 g/mol. The van der Waals surface area contributed by atoms with Gasteiger partial charge >= 0.3 is 0 Å². The molecule has 0 spiro atoms. The molecule has 0 bridgehead atoms. The quantitative estimate of drug-likeness (QED) is 0.726. The predicted molar refractivity (Wildman–Crippen MR) is 56.1 cm³/mol. The van der Waals surface area contributed by atoms with Crippen LogP contribution in [0.3, 0.4) is 0 Å². The van der Waals surface area contributed by atoms with Crippen molar-refractivity contribution in [1.82, 2.24) is 15.8 Å². The number of amides is 1. The fraction of sp³-hybridized carbons (Fsp3) is 0.600. The highest BCUT2D eigenvalue weighted by molar-refractivity contribution is 5.75. The van der Waals surface area contributed by atoms with Crippen molar-refractivity contribution in [3.8, 4) is 0 Å². The van der Waals surface area contributed by atoms with Crippen LogP contribution in [0.1, 0.15) is 26.0 Å². The van der Waals surface area contributed by atoms with E-state index in [-0.39, 0.29) is 5.91 Å². The number of hydrogen-bond acceptors (Lipinski definition) is 4. The first-order chi connectivity index (χ1) is 7.18. The Morgan fingerprint density at radius 3 is 3.00 bits per heavy atom. The molecule has 0 unspecified atom stereocenters. The Labute approximate surface area is 89.2 Å². The van der Waals surface area contributed by atoms with Crippen LogP contribution in [0, 0.1) is 0 Å². The highest BCUT2D eigenvalue weighted by Gasteiger charge is 2.03. The normalized spacial score (nSPS) is 10.6. The summed E-state index contributed by atoms with van der Waals surface area (Å²) in [4.78, 5) is 11.3. The molecule has 0 radical (unpaired) electrons. The third-order valence-corrected chi connectivity index (χ3v) is 1.86. The maximum atomic E-state index is 11.3. The molecule has 15 heavy (non-hydrogen) atoms. The Kier molecular flexibility index (Phi) is 4.83. The third kappa shape index (κ3) is 5.17. The molecule has 0 aliphatic heterocycles. The van der Waals surface area contributed by atoms with E-state index in [0.29, 0.717) is 31.3 Å². The lowest BCUT2D eigenvalue weighted by atomic mass is 10.3. The van der Waals surface area contributed by atoms with E-state index in [0.717, 1.165) is 0 Å². The largest absolute Gasteiger partial charge is 0.360 e. The number of nitrogens with zero attached hydrogens (tertiary/aromatic N) is 1. The van der Waals surface area contributed by atoms with Gasteiger partial charge in [-0.2, -0.15) is 0 Å². The predicted octanol–water partition coefficient (Wildman–Crippen LogP) is 0.679. The average molecular weight is 211 g/mol. The van der Waals surface area contributed by atoms with Crippen LogP contribution in [-0.2, 0) is 11.3 Å². The highest BCUT2D eigenvalue weighted by atomic mass is 16.5. The van der Waals surface area contributed by atoms with Crippen LogP contribution < -0.4 is 10.6 Å². The van der Waals surface area contributed by atoms with E-state index in [9.17, 15) is 4.79 Å². The van der Waals surface area contributed by atoms with Gasteiger partial charge in [0.1, 0.15) is 0 Å². The highest BCUT2D eigenvalue weighted by Crippen LogP contribution is 1.95. The second-order valence-corrected chi connectivity index (χ2v) is 3.61. The van der Waals surface area contributed by atoms with Crippen molar-refractivity contribution in [3.05, 3.63) is 18.0 Å². The van der Waals surface area contributed by atoms with Crippen LogP contribution in [0.25, 0.3) is 0 Å². The van der Waals surface area contributed by atoms with Gasteiger partial charge in [-0.15, -0.1) is 0 Å². The zero-order chi connectivity index (χ0) is 11.1. The van der Waals surface area contributed by atoms with Gasteiger partial charge in [-0.25, -0.2) is 0 Å². The number of aromatic nitrogens is 1. The van der Waals surface area contributed by atoms with E-state index in [2.05, 4.69) is 15.8 Å². The Hall–Kier alpha value is -1.36. The van der Waals surface area contributed by atoms with Gasteiger partial charge in [0.2, 0.25) is 5.91 Å². The van der Waals surface area contributed by atoms with Gasteiger partial charge in [-0.3, -0.25) is 4.79 Å². The molecule has 2 N–H and O–H groups in total. The summed E-state index contributed by atoms with van der Waals surface area (Å²) in [6, 6.07) is 2.14. The number of rotatable bonds is 6. The summed E-state index contributed by atoms with van der Waals surface area (Å²) in [6.07, 6.45) is 2.04. The van der Waals surface area contributed by atoms with Gasteiger partial charge < -0.3 is 15.2 Å². The van der Waals surface area contributed by atoms with Gasteiger partial charge in [0.15, 0.2) is 5.76 Å². The minimum Gasteiger partial charge on any atom is -0.360 e. The summed E-state index contributed by atoms with van der Waals surface area (Å²) in [5, 5.41) is 9.47. The van der Waals surface area contributed by atoms with Crippen LogP contribution in [0.4, 0.5) is 0 Å². The Morgan fingerprint density at radius 1 is 1.60 bits per heavy atom. The summed E-state index contributed by atoms with van der Waals surface area (Å²) >= 11 is 0. The SMILES string of the molecule is CC(C)NCCC(=O)NCc1ccno1. The van der Waals surface area contributed by atoms with Crippen molar-refractivity contribution >= 4 is 5.91 Å². The molecule has 0 atom stereocenters. The summed E-state index contributed by atoms with van der Waals surface area (Å²) < 4.78 is 4.85. The maximum Gasteiger partial charge on any atom is 0.221 e.